The van der Waals surface area contributed by atoms with Gasteiger partial charge in [-0.15, -0.1) is 0 Å². The van der Waals surface area contributed by atoms with Crippen LogP contribution >= 0.6 is 0 Å². The van der Waals surface area contributed by atoms with Crippen molar-refractivity contribution in [2.75, 3.05) is 11.9 Å². The van der Waals surface area contributed by atoms with Gasteiger partial charge in [0.15, 0.2) is 5.82 Å². The van der Waals surface area contributed by atoms with Crippen molar-refractivity contribution in [3.8, 4) is 0 Å². The molecule has 2 saturated carbocycles. The number of nitrogens with one attached hydrogen (secondary N) is 1. The molecular weight excluding hydrogens is 258 g/mol. The summed E-state index contributed by atoms with van der Waals surface area (Å²) >= 11 is 0. The third kappa shape index (κ3) is 2.13. The standard InChI is InChI=1S/C14H21N3O3/c1-2-17-4-3-15-13(14(17)20)16-7-9-5-8-6-10(9)12(19)11(8)18/h3-4,8-12,18-19H,2,5-7H2,1H3,(H,15,16)/t8-,9-,10-,11+,12-/m0/s1. The van der Waals surface area contributed by atoms with Gasteiger partial charge in [0.1, 0.15) is 0 Å². The molecule has 6 nitrogen and oxygen atoms in total. The van der Waals surface area contributed by atoms with Crippen LogP contribution in [0.15, 0.2) is 17.2 Å². The van der Waals surface area contributed by atoms with Crippen LogP contribution < -0.4 is 10.9 Å². The first-order valence-electron chi connectivity index (χ1n) is 7.27. The Labute approximate surface area is 117 Å². The Morgan fingerprint density at radius 1 is 1.40 bits per heavy atom. The van der Waals surface area contributed by atoms with Crippen LogP contribution in [0.25, 0.3) is 0 Å². The predicted octanol–water partition coefficient (Wildman–Crippen LogP) is 0.0529. The topological polar surface area (TPSA) is 87.4 Å². The number of aryl methyl sites for hydroxylation is 1. The van der Waals surface area contributed by atoms with E-state index >= 15 is 0 Å². The van der Waals surface area contributed by atoms with Crippen LogP contribution in [0.4, 0.5) is 5.82 Å². The van der Waals surface area contributed by atoms with Crippen LogP contribution in [-0.4, -0.2) is 38.5 Å². The maximum Gasteiger partial charge on any atom is 0.293 e. The predicted molar refractivity (Wildman–Crippen MR) is 74.4 cm³/mol. The fourth-order valence-electron chi connectivity index (χ4n) is 3.71. The Hall–Kier alpha value is -1.40. The van der Waals surface area contributed by atoms with E-state index in [1.807, 2.05) is 6.92 Å². The van der Waals surface area contributed by atoms with Crippen LogP contribution in [0.5, 0.6) is 0 Å². The Bertz CT molecular complexity index is 543. The van der Waals surface area contributed by atoms with Crippen molar-refractivity contribution in [1.82, 2.24) is 9.55 Å². The maximum absolute atomic E-state index is 12.0. The van der Waals surface area contributed by atoms with E-state index in [1.165, 1.54) is 0 Å². The third-order valence-corrected chi connectivity index (χ3v) is 4.84. The van der Waals surface area contributed by atoms with E-state index in [9.17, 15) is 15.0 Å². The summed E-state index contributed by atoms with van der Waals surface area (Å²) in [6, 6.07) is 0. The van der Waals surface area contributed by atoms with Crippen LogP contribution in [0.2, 0.25) is 0 Å². The van der Waals surface area contributed by atoms with E-state index in [0.29, 0.717) is 24.8 Å². The molecule has 3 rings (SSSR count). The van der Waals surface area contributed by atoms with Crippen LogP contribution in [0.3, 0.4) is 0 Å². The fraction of sp³-hybridized carbons (Fsp3) is 0.714. The number of aromatic nitrogens is 2. The molecule has 0 aromatic carbocycles. The van der Waals surface area contributed by atoms with Gasteiger partial charge in [-0.2, -0.15) is 0 Å². The SMILES string of the molecule is CCn1ccnc(NC[C@@H]2C[C@H]3C[C@@H]2[C@H](O)[C@@H]3O)c1=O. The maximum atomic E-state index is 12.0. The first kappa shape index (κ1) is 13.6. The Balaban J connectivity index is 1.66. The number of nitrogens with zero attached hydrogens (tertiary/aromatic N) is 2. The molecule has 5 atom stereocenters. The molecular formula is C14H21N3O3. The highest BCUT2D eigenvalue weighted by Crippen LogP contribution is 2.48. The van der Waals surface area contributed by atoms with Crippen LogP contribution in [-0.2, 0) is 6.54 Å². The number of rotatable bonds is 4. The monoisotopic (exact) mass is 279 g/mol. The summed E-state index contributed by atoms with van der Waals surface area (Å²) in [4.78, 5) is 16.1. The molecule has 0 radical (unpaired) electrons. The van der Waals surface area contributed by atoms with Crippen molar-refractivity contribution in [2.24, 2.45) is 17.8 Å². The van der Waals surface area contributed by atoms with Crippen molar-refractivity contribution in [3.05, 3.63) is 22.7 Å². The molecule has 0 amide bonds. The van der Waals surface area contributed by atoms with Crippen molar-refractivity contribution in [2.45, 2.75) is 38.5 Å². The van der Waals surface area contributed by atoms with Crippen molar-refractivity contribution >= 4 is 5.82 Å². The lowest BCUT2D eigenvalue weighted by Crippen LogP contribution is -2.39. The molecule has 2 aliphatic rings. The largest absolute Gasteiger partial charge is 0.390 e. The molecule has 6 heteroatoms. The van der Waals surface area contributed by atoms with Gasteiger partial charge in [0.05, 0.1) is 12.2 Å². The van der Waals surface area contributed by atoms with E-state index in [2.05, 4.69) is 10.3 Å². The molecule has 110 valence electrons. The van der Waals surface area contributed by atoms with Gasteiger partial charge in [0.2, 0.25) is 0 Å². The first-order valence-corrected chi connectivity index (χ1v) is 7.27. The zero-order valence-electron chi connectivity index (χ0n) is 11.6. The number of anilines is 1. The number of aliphatic hydroxyl groups excluding tert-OH is 2. The van der Waals surface area contributed by atoms with E-state index in [0.717, 1.165) is 12.8 Å². The highest BCUT2D eigenvalue weighted by Gasteiger charge is 2.51. The van der Waals surface area contributed by atoms with Crippen molar-refractivity contribution < 1.29 is 10.2 Å². The van der Waals surface area contributed by atoms with E-state index in [1.54, 1.807) is 17.0 Å². The highest BCUT2D eigenvalue weighted by molar-refractivity contribution is 5.31. The molecule has 1 aromatic heterocycles. The summed E-state index contributed by atoms with van der Waals surface area (Å²) in [7, 11) is 0. The lowest BCUT2D eigenvalue weighted by atomic mass is 9.85. The van der Waals surface area contributed by atoms with Gasteiger partial charge in [-0.05, 0) is 37.5 Å². The number of aliphatic hydroxyl groups is 2. The summed E-state index contributed by atoms with van der Waals surface area (Å²) in [6.45, 7) is 3.16. The number of hydrogen-bond acceptors (Lipinski definition) is 5. The second-order valence-electron chi connectivity index (χ2n) is 5.88. The number of fused-ring (bicyclic) bond motifs is 2. The van der Waals surface area contributed by atoms with E-state index in [4.69, 9.17) is 0 Å². The minimum atomic E-state index is -0.614. The normalized spacial score (nSPS) is 35.5. The van der Waals surface area contributed by atoms with Gasteiger partial charge >= 0.3 is 0 Å². The summed E-state index contributed by atoms with van der Waals surface area (Å²) in [5, 5.41) is 22.8. The summed E-state index contributed by atoms with van der Waals surface area (Å²) < 4.78 is 1.61. The molecule has 1 aromatic rings. The van der Waals surface area contributed by atoms with Gasteiger partial charge in [0, 0.05) is 25.5 Å². The zero-order chi connectivity index (χ0) is 14.3. The lowest BCUT2D eigenvalue weighted by molar-refractivity contribution is -0.0317. The molecule has 2 bridgehead atoms. The van der Waals surface area contributed by atoms with Crippen molar-refractivity contribution in [3.63, 3.8) is 0 Å². The Morgan fingerprint density at radius 2 is 2.20 bits per heavy atom. The first-order chi connectivity index (χ1) is 9.61. The minimum absolute atomic E-state index is 0.112. The van der Waals surface area contributed by atoms with E-state index in [-0.39, 0.29) is 17.4 Å². The van der Waals surface area contributed by atoms with Gasteiger partial charge < -0.3 is 20.1 Å². The van der Waals surface area contributed by atoms with Gasteiger partial charge in [-0.3, -0.25) is 4.79 Å². The zero-order valence-corrected chi connectivity index (χ0v) is 11.6. The highest BCUT2D eigenvalue weighted by atomic mass is 16.3. The van der Waals surface area contributed by atoms with E-state index < -0.39 is 12.2 Å². The molecule has 0 spiro atoms. The second kappa shape index (κ2) is 5.18. The summed E-state index contributed by atoms with van der Waals surface area (Å²) in [6.07, 6.45) is 3.90. The van der Waals surface area contributed by atoms with Crippen LogP contribution in [0.1, 0.15) is 19.8 Å². The Kier molecular flexibility index (Phi) is 3.52. The summed E-state index contributed by atoms with van der Waals surface area (Å²) in [5.74, 6) is 1.01. The lowest BCUT2D eigenvalue weighted by Gasteiger charge is -2.29. The molecule has 0 unspecified atom stereocenters. The quantitative estimate of drug-likeness (QED) is 0.725. The minimum Gasteiger partial charge on any atom is -0.390 e. The van der Waals surface area contributed by atoms with Gasteiger partial charge in [-0.25, -0.2) is 4.98 Å². The van der Waals surface area contributed by atoms with Crippen LogP contribution in [0, 0.1) is 17.8 Å². The van der Waals surface area contributed by atoms with Crippen molar-refractivity contribution in [1.29, 1.82) is 0 Å². The Morgan fingerprint density at radius 3 is 2.85 bits per heavy atom. The molecule has 3 N–H and O–H groups in total. The fourth-order valence-corrected chi connectivity index (χ4v) is 3.71. The molecule has 0 saturated heterocycles. The average molecular weight is 279 g/mol. The number of hydrogen-bond donors (Lipinski definition) is 3. The smallest absolute Gasteiger partial charge is 0.293 e. The molecule has 20 heavy (non-hydrogen) atoms. The average Bonchev–Trinajstić information content (AvgIpc) is 2.98. The van der Waals surface area contributed by atoms with Gasteiger partial charge in [-0.1, -0.05) is 0 Å². The molecule has 2 aliphatic carbocycles. The molecule has 2 fully saturated rings. The molecule has 1 heterocycles. The molecule has 0 aliphatic heterocycles. The third-order valence-electron chi connectivity index (χ3n) is 4.84. The van der Waals surface area contributed by atoms with Gasteiger partial charge in [0.25, 0.3) is 5.56 Å². The summed E-state index contributed by atoms with van der Waals surface area (Å²) in [5.41, 5.74) is -0.112. The second-order valence-corrected chi connectivity index (χ2v) is 5.88.